The molecule has 2 aliphatic rings. The highest BCUT2D eigenvalue weighted by molar-refractivity contribution is 5.75. The van der Waals surface area contributed by atoms with E-state index in [0.717, 1.165) is 34.4 Å². The topological polar surface area (TPSA) is 70.6 Å². The quantitative estimate of drug-likeness (QED) is 0.787. The molecule has 25 heavy (non-hydrogen) atoms. The number of carbonyl (C=O) groups is 1. The summed E-state index contributed by atoms with van der Waals surface area (Å²) in [7, 11) is 0. The van der Waals surface area contributed by atoms with Gasteiger partial charge in [-0.1, -0.05) is 42.5 Å². The van der Waals surface area contributed by atoms with E-state index in [1.165, 1.54) is 0 Å². The second-order valence-electron chi connectivity index (χ2n) is 6.85. The lowest BCUT2D eigenvalue weighted by molar-refractivity contribution is 0.141. The zero-order valence-corrected chi connectivity index (χ0v) is 14.2. The molecule has 0 fully saturated rings. The molecule has 0 radical (unpaired) electrons. The minimum atomic E-state index is -0.659. The number of hydrogen-bond donors (Lipinski definition) is 3. The van der Waals surface area contributed by atoms with Crippen LogP contribution >= 0.6 is 0 Å². The Labute approximate surface area is 147 Å². The molecule has 2 aromatic carbocycles. The fourth-order valence-corrected chi connectivity index (χ4v) is 3.78. The van der Waals surface area contributed by atoms with Crippen LogP contribution in [0.25, 0.3) is 0 Å². The summed E-state index contributed by atoms with van der Waals surface area (Å²) in [5, 5.41) is 16.3. The highest BCUT2D eigenvalue weighted by Gasteiger charge is 2.32. The predicted molar refractivity (Wildman–Crippen MR) is 94.7 cm³/mol. The van der Waals surface area contributed by atoms with Gasteiger partial charge in [0.05, 0.1) is 18.2 Å². The number of para-hydroxylation sites is 1. The smallest absolute Gasteiger partial charge is 0.315 e. The molecular formula is C20H22N2O3. The van der Waals surface area contributed by atoms with Crippen LogP contribution in [0, 0.1) is 6.92 Å². The van der Waals surface area contributed by atoms with E-state index < -0.39 is 6.10 Å². The molecule has 5 heteroatoms. The third-order valence-corrected chi connectivity index (χ3v) is 5.04. The van der Waals surface area contributed by atoms with Gasteiger partial charge in [0.15, 0.2) is 0 Å². The number of urea groups is 1. The summed E-state index contributed by atoms with van der Waals surface area (Å²) >= 11 is 0. The molecule has 0 bridgehead atoms. The first-order valence-corrected chi connectivity index (χ1v) is 8.66. The van der Waals surface area contributed by atoms with Crippen molar-refractivity contribution in [1.82, 2.24) is 10.6 Å². The largest absolute Gasteiger partial charge is 0.491 e. The first-order valence-electron chi connectivity index (χ1n) is 8.66. The first kappa shape index (κ1) is 16.0. The van der Waals surface area contributed by atoms with Crippen molar-refractivity contribution in [2.75, 3.05) is 6.61 Å². The Balaban J connectivity index is 1.36. The number of ether oxygens (including phenoxy) is 1. The van der Waals surface area contributed by atoms with Crippen LogP contribution in [0.15, 0.2) is 42.5 Å². The van der Waals surface area contributed by atoms with Gasteiger partial charge in [-0.25, -0.2) is 4.79 Å². The average molecular weight is 338 g/mol. The molecule has 1 aliphatic carbocycles. The maximum atomic E-state index is 12.4. The van der Waals surface area contributed by atoms with Crippen LogP contribution in [-0.2, 0) is 12.8 Å². The zero-order chi connectivity index (χ0) is 17.4. The number of aliphatic hydroxyl groups is 1. The van der Waals surface area contributed by atoms with Crippen LogP contribution in [0.3, 0.4) is 0 Å². The second kappa shape index (κ2) is 6.41. The van der Waals surface area contributed by atoms with Crippen molar-refractivity contribution < 1.29 is 14.6 Å². The summed E-state index contributed by atoms with van der Waals surface area (Å²) in [6.45, 7) is 2.48. The molecule has 1 heterocycles. The molecule has 2 aromatic rings. The first-order chi connectivity index (χ1) is 12.1. The molecule has 3 atom stereocenters. The maximum absolute atomic E-state index is 12.4. The number of benzene rings is 2. The molecule has 1 unspecified atom stereocenters. The molecule has 0 aromatic heterocycles. The van der Waals surface area contributed by atoms with E-state index in [-0.39, 0.29) is 18.1 Å². The summed E-state index contributed by atoms with van der Waals surface area (Å²) in [5.74, 6) is 0.933. The van der Waals surface area contributed by atoms with Gasteiger partial charge in [-0.15, -0.1) is 0 Å². The van der Waals surface area contributed by atoms with Crippen molar-refractivity contribution in [3.05, 3.63) is 64.7 Å². The number of hydrogen-bond acceptors (Lipinski definition) is 3. The van der Waals surface area contributed by atoms with Crippen molar-refractivity contribution in [2.24, 2.45) is 0 Å². The van der Waals surface area contributed by atoms with E-state index >= 15 is 0 Å². The number of aliphatic hydroxyl groups excluding tert-OH is 1. The standard InChI is InChI=1S/C20H22N2O3/c1-12-5-4-7-14-9-15(11-25-19(12)14)21-20(24)22-17-10-13-6-2-3-8-16(13)18(17)23/h2-8,15,17-18,23H,9-11H2,1H3,(H2,21,22,24)/t15?,17-,18-/m1/s1. The lowest BCUT2D eigenvalue weighted by Crippen LogP contribution is -2.50. The van der Waals surface area contributed by atoms with Crippen molar-refractivity contribution >= 4 is 6.03 Å². The molecule has 3 N–H and O–H groups in total. The fraction of sp³-hybridized carbons (Fsp3) is 0.350. The van der Waals surface area contributed by atoms with Gasteiger partial charge in [-0.3, -0.25) is 0 Å². The van der Waals surface area contributed by atoms with Gasteiger partial charge >= 0.3 is 6.03 Å². The van der Waals surface area contributed by atoms with Gasteiger partial charge in [-0.2, -0.15) is 0 Å². The molecule has 4 rings (SSSR count). The summed E-state index contributed by atoms with van der Waals surface area (Å²) < 4.78 is 5.82. The Bertz CT molecular complexity index is 805. The van der Waals surface area contributed by atoms with Crippen molar-refractivity contribution in [3.63, 3.8) is 0 Å². The third-order valence-electron chi connectivity index (χ3n) is 5.04. The minimum Gasteiger partial charge on any atom is -0.491 e. The van der Waals surface area contributed by atoms with E-state index in [4.69, 9.17) is 4.74 Å². The van der Waals surface area contributed by atoms with Crippen LogP contribution < -0.4 is 15.4 Å². The number of amides is 2. The van der Waals surface area contributed by atoms with Gasteiger partial charge in [0, 0.05) is 0 Å². The molecule has 1 aliphatic heterocycles. The molecule has 0 saturated heterocycles. The highest BCUT2D eigenvalue weighted by atomic mass is 16.5. The fourth-order valence-electron chi connectivity index (χ4n) is 3.78. The molecular weight excluding hydrogens is 316 g/mol. The predicted octanol–water partition coefficient (Wildman–Crippen LogP) is 2.26. The number of aryl methyl sites for hydroxylation is 1. The molecule has 130 valence electrons. The van der Waals surface area contributed by atoms with Crippen LogP contribution in [0.1, 0.15) is 28.4 Å². The Morgan fingerprint density at radius 1 is 1.08 bits per heavy atom. The van der Waals surface area contributed by atoms with Crippen LogP contribution in [0.2, 0.25) is 0 Å². The van der Waals surface area contributed by atoms with Crippen LogP contribution in [-0.4, -0.2) is 29.8 Å². The second-order valence-corrected chi connectivity index (χ2v) is 6.85. The van der Waals surface area contributed by atoms with E-state index in [1.54, 1.807) is 0 Å². The Kier molecular flexibility index (Phi) is 4.09. The van der Waals surface area contributed by atoms with Crippen LogP contribution in [0.5, 0.6) is 5.75 Å². The number of rotatable bonds is 2. The maximum Gasteiger partial charge on any atom is 0.315 e. The average Bonchev–Trinajstić information content (AvgIpc) is 2.91. The van der Waals surface area contributed by atoms with Gasteiger partial charge < -0.3 is 20.5 Å². The van der Waals surface area contributed by atoms with Gasteiger partial charge in [0.2, 0.25) is 0 Å². The van der Waals surface area contributed by atoms with Gasteiger partial charge in [0.1, 0.15) is 12.4 Å². The van der Waals surface area contributed by atoms with Gasteiger partial charge in [-0.05, 0) is 42.0 Å². The monoisotopic (exact) mass is 338 g/mol. The molecule has 5 nitrogen and oxygen atoms in total. The Morgan fingerprint density at radius 2 is 1.88 bits per heavy atom. The van der Waals surface area contributed by atoms with Gasteiger partial charge in [0.25, 0.3) is 0 Å². The third kappa shape index (κ3) is 3.07. The van der Waals surface area contributed by atoms with Crippen molar-refractivity contribution in [1.29, 1.82) is 0 Å². The molecule has 0 saturated carbocycles. The minimum absolute atomic E-state index is 0.0739. The Hall–Kier alpha value is -2.53. The van der Waals surface area contributed by atoms with Crippen molar-refractivity contribution in [3.8, 4) is 5.75 Å². The summed E-state index contributed by atoms with van der Waals surface area (Å²) in [4.78, 5) is 12.4. The SMILES string of the molecule is Cc1cccc2c1OCC(NC(=O)N[C@@H]1Cc3ccccc3[C@H]1O)C2. The number of carbonyl (C=O) groups excluding carboxylic acids is 1. The van der Waals surface area contributed by atoms with E-state index in [2.05, 4.69) is 10.6 Å². The summed E-state index contributed by atoms with van der Waals surface area (Å²) in [6.07, 6.45) is 0.735. The zero-order valence-electron chi connectivity index (χ0n) is 14.2. The lowest BCUT2D eigenvalue weighted by Gasteiger charge is -2.28. The van der Waals surface area contributed by atoms with E-state index in [1.807, 2.05) is 49.4 Å². The number of nitrogens with one attached hydrogen (secondary N) is 2. The lowest BCUT2D eigenvalue weighted by atomic mass is 10.00. The molecule has 2 amide bonds. The summed E-state index contributed by atoms with van der Waals surface area (Å²) in [6, 6.07) is 13.2. The Morgan fingerprint density at radius 3 is 2.72 bits per heavy atom. The van der Waals surface area contributed by atoms with Crippen molar-refractivity contribution in [2.45, 2.75) is 38.0 Å². The van der Waals surface area contributed by atoms with Crippen LogP contribution in [0.4, 0.5) is 4.79 Å². The van der Waals surface area contributed by atoms with E-state index in [9.17, 15) is 9.90 Å². The summed E-state index contributed by atoms with van der Waals surface area (Å²) in [5.41, 5.74) is 4.22. The number of fused-ring (bicyclic) bond motifs is 2. The normalized spacial score (nSPS) is 24.0. The molecule has 0 spiro atoms. The highest BCUT2D eigenvalue weighted by Crippen LogP contribution is 2.31. The van der Waals surface area contributed by atoms with E-state index in [0.29, 0.717) is 13.0 Å².